The van der Waals surface area contributed by atoms with Crippen molar-refractivity contribution in [3.05, 3.63) is 70.8 Å². The molecule has 1 aliphatic rings. The Bertz CT molecular complexity index is 1080. The van der Waals surface area contributed by atoms with Crippen LogP contribution in [0.4, 0.5) is 0 Å². The van der Waals surface area contributed by atoms with Crippen LogP contribution in [0.3, 0.4) is 0 Å². The van der Waals surface area contributed by atoms with Crippen LogP contribution in [-0.2, 0) is 10.0 Å². The van der Waals surface area contributed by atoms with E-state index >= 15 is 0 Å². The Morgan fingerprint density at radius 2 is 1.88 bits per heavy atom. The maximum atomic E-state index is 13.1. The molecule has 1 fully saturated rings. The molecule has 0 aliphatic carbocycles. The first-order chi connectivity index (χ1) is 12.1. The fourth-order valence-electron chi connectivity index (χ4n) is 3.29. The summed E-state index contributed by atoms with van der Waals surface area (Å²) in [6, 6.07) is 11.0. The second kappa shape index (κ2) is 6.09. The Morgan fingerprint density at radius 1 is 1.08 bits per heavy atom. The Hall–Kier alpha value is -2.51. The van der Waals surface area contributed by atoms with Crippen molar-refractivity contribution in [1.82, 2.24) is 9.29 Å². The maximum Gasteiger partial charge on any atom is 0.336 e. The average molecular weight is 356 g/mol. The maximum absolute atomic E-state index is 13.1. The Morgan fingerprint density at radius 3 is 2.68 bits per heavy atom. The number of aromatic nitrogens is 1. The van der Waals surface area contributed by atoms with Crippen molar-refractivity contribution in [3.8, 4) is 0 Å². The van der Waals surface area contributed by atoms with Crippen LogP contribution >= 0.6 is 0 Å². The quantitative estimate of drug-likeness (QED) is 0.674. The van der Waals surface area contributed by atoms with Crippen LogP contribution in [-0.4, -0.2) is 24.3 Å². The van der Waals surface area contributed by atoms with E-state index in [4.69, 9.17) is 4.42 Å². The summed E-state index contributed by atoms with van der Waals surface area (Å²) in [5, 5.41) is 0.584. The third-order valence-electron chi connectivity index (χ3n) is 4.49. The van der Waals surface area contributed by atoms with Gasteiger partial charge in [-0.2, -0.15) is 4.31 Å². The van der Waals surface area contributed by atoms with Crippen LogP contribution in [0.15, 0.2) is 69.0 Å². The number of hydrogen-bond donors (Lipinski definition) is 0. The molecule has 7 heteroatoms. The minimum atomic E-state index is -3.64. The van der Waals surface area contributed by atoms with E-state index in [1.165, 1.54) is 18.2 Å². The van der Waals surface area contributed by atoms with Crippen molar-refractivity contribution in [2.24, 2.45) is 0 Å². The number of hydrogen-bond acceptors (Lipinski definition) is 5. The summed E-state index contributed by atoms with van der Waals surface area (Å²) < 4.78 is 32.9. The summed E-state index contributed by atoms with van der Waals surface area (Å²) in [5.41, 5.74) is 0.863. The molecule has 0 N–H and O–H groups in total. The predicted molar refractivity (Wildman–Crippen MR) is 92.6 cm³/mol. The first kappa shape index (κ1) is 16.0. The highest BCUT2D eigenvalue weighted by atomic mass is 32.2. The van der Waals surface area contributed by atoms with Crippen molar-refractivity contribution in [2.75, 3.05) is 6.54 Å². The zero-order valence-corrected chi connectivity index (χ0v) is 14.1. The highest BCUT2D eigenvalue weighted by molar-refractivity contribution is 7.89. The van der Waals surface area contributed by atoms with Gasteiger partial charge in [0.1, 0.15) is 5.58 Å². The van der Waals surface area contributed by atoms with Crippen molar-refractivity contribution < 1.29 is 12.8 Å². The molecule has 1 unspecified atom stereocenters. The minimum Gasteiger partial charge on any atom is -0.423 e. The van der Waals surface area contributed by atoms with E-state index in [1.807, 2.05) is 12.1 Å². The van der Waals surface area contributed by atoms with Crippen LogP contribution < -0.4 is 5.63 Å². The zero-order valence-electron chi connectivity index (χ0n) is 13.3. The summed E-state index contributed by atoms with van der Waals surface area (Å²) in [4.78, 5) is 15.5. The highest BCUT2D eigenvalue weighted by Crippen LogP contribution is 2.36. The van der Waals surface area contributed by atoms with Gasteiger partial charge in [0, 0.05) is 30.4 Å². The zero-order chi connectivity index (χ0) is 17.4. The molecule has 0 amide bonds. The average Bonchev–Trinajstić information content (AvgIpc) is 3.12. The third-order valence-corrected chi connectivity index (χ3v) is 6.40. The largest absolute Gasteiger partial charge is 0.423 e. The van der Waals surface area contributed by atoms with Gasteiger partial charge in [-0.05, 0) is 54.8 Å². The summed E-state index contributed by atoms with van der Waals surface area (Å²) in [5.74, 6) is 0. The van der Waals surface area contributed by atoms with Gasteiger partial charge in [-0.1, -0.05) is 0 Å². The lowest BCUT2D eigenvalue weighted by atomic mass is 10.1. The van der Waals surface area contributed by atoms with Crippen molar-refractivity contribution in [3.63, 3.8) is 0 Å². The molecule has 0 spiro atoms. The van der Waals surface area contributed by atoms with Crippen LogP contribution in [0.5, 0.6) is 0 Å². The molecule has 1 saturated heterocycles. The molecule has 128 valence electrons. The number of sulfonamides is 1. The van der Waals surface area contributed by atoms with Gasteiger partial charge >= 0.3 is 5.63 Å². The molecule has 0 radical (unpaired) electrons. The lowest BCUT2D eigenvalue weighted by Crippen LogP contribution is -2.30. The molecular formula is C18H16N2O4S. The molecule has 3 aromatic rings. The van der Waals surface area contributed by atoms with Gasteiger partial charge in [0.15, 0.2) is 0 Å². The second-order valence-corrected chi connectivity index (χ2v) is 7.90. The standard InChI is InChI=1S/C18H16N2O4S/c21-18-6-3-14-12-15(4-5-17(14)24-18)25(22,23)20-11-1-2-16(20)13-7-9-19-10-8-13/h3-10,12,16H,1-2,11H2. The molecule has 1 aliphatic heterocycles. The van der Waals surface area contributed by atoms with E-state index in [9.17, 15) is 13.2 Å². The smallest absolute Gasteiger partial charge is 0.336 e. The van der Waals surface area contributed by atoms with Crippen LogP contribution in [0.25, 0.3) is 11.0 Å². The topological polar surface area (TPSA) is 80.5 Å². The van der Waals surface area contributed by atoms with E-state index < -0.39 is 15.6 Å². The van der Waals surface area contributed by atoms with Gasteiger partial charge in [-0.3, -0.25) is 4.98 Å². The molecule has 1 atom stereocenters. The van der Waals surface area contributed by atoms with Gasteiger partial charge in [0.05, 0.1) is 10.9 Å². The molecule has 1 aromatic carbocycles. The molecule has 0 bridgehead atoms. The first-order valence-electron chi connectivity index (χ1n) is 8.01. The fourth-order valence-corrected chi connectivity index (χ4v) is 5.01. The first-order valence-corrected chi connectivity index (χ1v) is 9.45. The molecule has 6 nitrogen and oxygen atoms in total. The number of nitrogens with zero attached hydrogens (tertiary/aromatic N) is 2. The number of pyridine rings is 1. The molecular weight excluding hydrogens is 340 g/mol. The molecule has 0 saturated carbocycles. The lowest BCUT2D eigenvalue weighted by molar-refractivity contribution is 0.396. The van der Waals surface area contributed by atoms with Crippen molar-refractivity contribution in [2.45, 2.75) is 23.8 Å². The number of rotatable bonds is 3. The van der Waals surface area contributed by atoms with E-state index in [0.717, 1.165) is 18.4 Å². The Kier molecular flexibility index (Phi) is 3.89. The highest BCUT2D eigenvalue weighted by Gasteiger charge is 2.36. The fraction of sp³-hybridized carbons (Fsp3) is 0.222. The number of benzene rings is 1. The van der Waals surface area contributed by atoms with Crippen LogP contribution in [0.2, 0.25) is 0 Å². The molecule has 3 heterocycles. The van der Waals surface area contributed by atoms with E-state index in [1.54, 1.807) is 28.8 Å². The summed E-state index contributed by atoms with van der Waals surface area (Å²) >= 11 is 0. The lowest BCUT2D eigenvalue weighted by Gasteiger charge is -2.24. The van der Waals surface area contributed by atoms with Gasteiger partial charge in [0.25, 0.3) is 0 Å². The van der Waals surface area contributed by atoms with Crippen molar-refractivity contribution >= 4 is 21.0 Å². The monoisotopic (exact) mass is 356 g/mol. The number of fused-ring (bicyclic) bond motifs is 1. The van der Waals surface area contributed by atoms with Crippen LogP contribution in [0, 0.1) is 0 Å². The summed E-state index contributed by atoms with van der Waals surface area (Å²) in [6.45, 7) is 0.483. The van der Waals surface area contributed by atoms with E-state index in [-0.39, 0.29) is 10.9 Å². The molecule has 4 rings (SSSR count). The predicted octanol–water partition coefficient (Wildman–Crippen LogP) is 2.71. The van der Waals surface area contributed by atoms with Gasteiger partial charge in [-0.15, -0.1) is 0 Å². The third kappa shape index (κ3) is 2.85. The van der Waals surface area contributed by atoms with Gasteiger partial charge in [-0.25, -0.2) is 13.2 Å². The van der Waals surface area contributed by atoms with Gasteiger partial charge in [0.2, 0.25) is 10.0 Å². The second-order valence-electron chi connectivity index (χ2n) is 6.01. The van der Waals surface area contributed by atoms with E-state index in [2.05, 4.69) is 4.98 Å². The molecule has 2 aromatic heterocycles. The van der Waals surface area contributed by atoms with E-state index in [0.29, 0.717) is 17.5 Å². The Balaban J connectivity index is 1.76. The van der Waals surface area contributed by atoms with Gasteiger partial charge < -0.3 is 4.42 Å². The minimum absolute atomic E-state index is 0.183. The Labute approximate surface area is 144 Å². The normalized spacial score (nSPS) is 18.6. The summed E-state index contributed by atoms with van der Waals surface area (Å²) in [6.07, 6.45) is 4.95. The molecule has 25 heavy (non-hydrogen) atoms. The van der Waals surface area contributed by atoms with Crippen molar-refractivity contribution in [1.29, 1.82) is 0 Å². The summed E-state index contributed by atoms with van der Waals surface area (Å²) in [7, 11) is -3.64. The van der Waals surface area contributed by atoms with Crippen LogP contribution in [0.1, 0.15) is 24.4 Å². The SMILES string of the molecule is O=c1ccc2cc(S(=O)(=O)N3CCCC3c3ccncc3)ccc2o1.